The molecule has 0 saturated heterocycles. The van der Waals surface area contributed by atoms with Crippen LogP contribution in [0.3, 0.4) is 0 Å². The summed E-state index contributed by atoms with van der Waals surface area (Å²) >= 11 is 12.5. The van der Waals surface area contributed by atoms with Crippen LogP contribution in [0.15, 0.2) is 0 Å². The van der Waals surface area contributed by atoms with Crippen molar-refractivity contribution in [3.63, 3.8) is 0 Å². The largest absolute Gasteiger partial charge is 0.304 e. The molecule has 0 bridgehead atoms. The molecule has 1 saturated carbocycles. The Balaban J connectivity index is 2.04. The molecular weight excluding hydrogens is 281 g/mol. The molecule has 0 unspecified atom stereocenters. The lowest BCUT2D eigenvalue weighted by atomic mass is 9.78. The summed E-state index contributed by atoms with van der Waals surface area (Å²) in [5, 5.41) is 8.75. The van der Waals surface area contributed by atoms with Crippen LogP contribution in [0.2, 0.25) is 5.02 Å². The van der Waals surface area contributed by atoms with Crippen molar-refractivity contribution in [2.24, 2.45) is 13.0 Å². The number of hydrogen-bond acceptors (Lipinski definition) is 2. The second-order valence-electron chi connectivity index (χ2n) is 5.92. The minimum absolute atomic E-state index is 0.0650. The Bertz CT molecular complexity index is 434. The Labute approximate surface area is 125 Å². The van der Waals surface area contributed by atoms with E-state index in [1.807, 2.05) is 18.7 Å². The summed E-state index contributed by atoms with van der Waals surface area (Å²) < 4.78 is 1.86. The van der Waals surface area contributed by atoms with Gasteiger partial charge in [0.05, 0.1) is 16.4 Å². The van der Waals surface area contributed by atoms with E-state index >= 15 is 0 Å². The lowest BCUT2D eigenvalue weighted by molar-refractivity contribution is 0.214. The second-order valence-corrected chi connectivity index (χ2v) is 6.56. The lowest BCUT2D eigenvalue weighted by Gasteiger charge is -2.39. The highest BCUT2D eigenvalue weighted by atomic mass is 35.5. The van der Waals surface area contributed by atoms with E-state index in [1.54, 1.807) is 0 Å². The maximum absolute atomic E-state index is 6.29. The van der Waals surface area contributed by atoms with Crippen molar-refractivity contribution in [2.45, 2.75) is 51.6 Å². The molecule has 2 rings (SSSR count). The summed E-state index contributed by atoms with van der Waals surface area (Å²) in [7, 11) is 1.94. The van der Waals surface area contributed by atoms with E-state index in [0.717, 1.165) is 41.7 Å². The monoisotopic (exact) mass is 303 g/mol. The summed E-state index contributed by atoms with van der Waals surface area (Å²) in [6.07, 6.45) is 4.79. The number of alkyl halides is 1. The van der Waals surface area contributed by atoms with E-state index in [9.17, 15) is 0 Å². The maximum atomic E-state index is 6.29. The fourth-order valence-corrected chi connectivity index (χ4v) is 3.40. The van der Waals surface area contributed by atoms with Gasteiger partial charge in [-0.3, -0.25) is 4.68 Å². The van der Waals surface area contributed by atoms with Gasteiger partial charge >= 0.3 is 0 Å². The van der Waals surface area contributed by atoms with Gasteiger partial charge in [-0.05, 0) is 38.5 Å². The van der Waals surface area contributed by atoms with Crippen LogP contribution in [-0.2, 0) is 13.6 Å². The molecule has 1 aliphatic rings. The Hall–Kier alpha value is -0.250. The second kappa shape index (κ2) is 6.02. The minimum Gasteiger partial charge on any atom is -0.304 e. The molecule has 1 aliphatic carbocycles. The zero-order valence-corrected chi connectivity index (χ0v) is 13.5. The molecule has 0 spiro atoms. The van der Waals surface area contributed by atoms with Crippen molar-refractivity contribution in [3.8, 4) is 0 Å². The van der Waals surface area contributed by atoms with Gasteiger partial charge in [0.15, 0.2) is 0 Å². The Kier molecular flexibility index (Phi) is 4.80. The molecule has 0 amide bonds. The quantitative estimate of drug-likeness (QED) is 0.860. The van der Waals surface area contributed by atoms with Crippen molar-refractivity contribution >= 4 is 23.2 Å². The number of nitrogens with one attached hydrogen (secondary N) is 1. The number of hydrogen-bond donors (Lipinski definition) is 1. The third-order valence-corrected chi connectivity index (χ3v) is 5.38. The van der Waals surface area contributed by atoms with Gasteiger partial charge < -0.3 is 5.32 Å². The third kappa shape index (κ3) is 3.26. The van der Waals surface area contributed by atoms with Gasteiger partial charge in [-0.25, -0.2) is 0 Å². The van der Waals surface area contributed by atoms with Gasteiger partial charge in [-0.2, -0.15) is 5.10 Å². The van der Waals surface area contributed by atoms with E-state index < -0.39 is 0 Å². The molecule has 0 aromatic carbocycles. The number of nitrogens with zero attached hydrogens (tertiary/aromatic N) is 2. The van der Waals surface area contributed by atoms with Crippen molar-refractivity contribution < 1.29 is 0 Å². The van der Waals surface area contributed by atoms with Crippen LogP contribution in [0.1, 0.15) is 44.0 Å². The molecule has 1 fully saturated rings. The molecule has 0 atom stereocenters. The van der Waals surface area contributed by atoms with Crippen LogP contribution < -0.4 is 5.32 Å². The first-order valence-electron chi connectivity index (χ1n) is 6.96. The molecule has 1 heterocycles. The predicted molar refractivity (Wildman–Crippen MR) is 80.9 cm³/mol. The Morgan fingerprint density at radius 3 is 2.53 bits per heavy atom. The Morgan fingerprint density at radius 2 is 2.05 bits per heavy atom. The standard InChI is InChI=1S/C14H23Cl2N3/c1-10-4-6-14(9-15,7-5-10)17-8-12-13(16)11(2)18-19(12)3/h10,17H,4-9H2,1-3H3. The first kappa shape index (κ1) is 15.1. The highest BCUT2D eigenvalue weighted by Crippen LogP contribution is 2.33. The SMILES string of the molecule is Cc1nn(C)c(CNC2(CCl)CCC(C)CC2)c1Cl. The fourth-order valence-electron chi connectivity index (χ4n) is 2.82. The average molecular weight is 304 g/mol. The molecule has 5 heteroatoms. The number of halogens is 2. The van der Waals surface area contributed by atoms with Gasteiger partial charge in [-0.15, -0.1) is 11.6 Å². The van der Waals surface area contributed by atoms with E-state index in [4.69, 9.17) is 23.2 Å². The summed E-state index contributed by atoms with van der Waals surface area (Å²) in [6.45, 7) is 4.99. The van der Waals surface area contributed by atoms with Gasteiger partial charge in [-0.1, -0.05) is 18.5 Å². The Morgan fingerprint density at radius 1 is 1.42 bits per heavy atom. The van der Waals surface area contributed by atoms with Crippen LogP contribution in [0.5, 0.6) is 0 Å². The van der Waals surface area contributed by atoms with Crippen LogP contribution in [0.4, 0.5) is 0 Å². The molecule has 1 aromatic rings. The molecule has 0 aliphatic heterocycles. The van der Waals surface area contributed by atoms with Crippen LogP contribution in [0.25, 0.3) is 0 Å². The van der Waals surface area contributed by atoms with Crippen molar-refractivity contribution in [3.05, 3.63) is 16.4 Å². The predicted octanol–water partition coefficient (Wildman–Crippen LogP) is 3.66. The van der Waals surface area contributed by atoms with Gasteiger partial charge in [0.1, 0.15) is 0 Å². The van der Waals surface area contributed by atoms with Gasteiger partial charge in [0.2, 0.25) is 0 Å². The lowest BCUT2D eigenvalue weighted by Crippen LogP contribution is -2.49. The zero-order chi connectivity index (χ0) is 14.0. The molecule has 19 heavy (non-hydrogen) atoms. The van der Waals surface area contributed by atoms with E-state index in [2.05, 4.69) is 17.3 Å². The van der Waals surface area contributed by atoms with E-state index in [-0.39, 0.29) is 5.54 Å². The van der Waals surface area contributed by atoms with Crippen LogP contribution >= 0.6 is 23.2 Å². The summed E-state index contributed by atoms with van der Waals surface area (Å²) in [4.78, 5) is 0. The summed E-state index contributed by atoms with van der Waals surface area (Å²) in [5.74, 6) is 1.48. The normalized spacial score (nSPS) is 27.7. The molecule has 3 nitrogen and oxygen atoms in total. The maximum Gasteiger partial charge on any atom is 0.0860 e. The van der Waals surface area contributed by atoms with E-state index in [1.165, 1.54) is 12.8 Å². The molecule has 1 N–H and O–H groups in total. The first-order valence-corrected chi connectivity index (χ1v) is 7.87. The molecule has 108 valence electrons. The minimum atomic E-state index is 0.0650. The van der Waals surface area contributed by atoms with E-state index in [0.29, 0.717) is 5.88 Å². The zero-order valence-electron chi connectivity index (χ0n) is 12.0. The summed E-state index contributed by atoms with van der Waals surface area (Å²) in [5.41, 5.74) is 2.00. The fraction of sp³-hybridized carbons (Fsp3) is 0.786. The first-order chi connectivity index (χ1) is 8.97. The number of rotatable bonds is 4. The van der Waals surface area contributed by atoms with Gasteiger partial charge in [0, 0.05) is 25.0 Å². The molecule has 1 aromatic heterocycles. The van der Waals surface area contributed by atoms with Crippen LogP contribution in [-0.4, -0.2) is 21.2 Å². The topological polar surface area (TPSA) is 29.9 Å². The highest BCUT2D eigenvalue weighted by molar-refractivity contribution is 6.31. The molecular formula is C14H23Cl2N3. The van der Waals surface area contributed by atoms with Crippen LogP contribution in [0, 0.1) is 12.8 Å². The van der Waals surface area contributed by atoms with Crippen molar-refractivity contribution in [2.75, 3.05) is 5.88 Å². The highest BCUT2D eigenvalue weighted by Gasteiger charge is 2.33. The summed E-state index contributed by atoms with van der Waals surface area (Å²) in [6, 6.07) is 0. The number of aryl methyl sites for hydroxylation is 2. The van der Waals surface area contributed by atoms with Crippen molar-refractivity contribution in [1.29, 1.82) is 0 Å². The third-order valence-electron chi connectivity index (χ3n) is 4.38. The smallest absolute Gasteiger partial charge is 0.0860 e. The van der Waals surface area contributed by atoms with Gasteiger partial charge in [0.25, 0.3) is 0 Å². The number of aromatic nitrogens is 2. The van der Waals surface area contributed by atoms with Crippen molar-refractivity contribution in [1.82, 2.24) is 15.1 Å². The molecule has 0 radical (unpaired) electrons. The average Bonchev–Trinajstić information content (AvgIpc) is 2.64.